The van der Waals surface area contributed by atoms with Gasteiger partial charge in [-0.2, -0.15) is 0 Å². The van der Waals surface area contributed by atoms with Gasteiger partial charge in [-0.15, -0.1) is 0 Å². The van der Waals surface area contributed by atoms with E-state index < -0.39 is 5.82 Å². The number of rotatable bonds is 1. The number of piperazine rings is 1. The molecular weight excluding hydrogens is 243 g/mol. The van der Waals surface area contributed by atoms with Crippen molar-refractivity contribution >= 4 is 17.5 Å². The van der Waals surface area contributed by atoms with Gasteiger partial charge in [-0.3, -0.25) is 4.79 Å². The Morgan fingerprint density at radius 2 is 2.35 bits per heavy atom. The predicted octanol–water partition coefficient (Wildman–Crippen LogP) is 1.91. The van der Waals surface area contributed by atoms with E-state index in [4.69, 9.17) is 11.6 Å². The second-order valence-corrected chi connectivity index (χ2v) is 4.64. The maximum atomic E-state index is 12.9. The van der Waals surface area contributed by atoms with Gasteiger partial charge in [0.1, 0.15) is 5.82 Å². The molecule has 1 heterocycles. The molecule has 17 heavy (non-hydrogen) atoms. The first-order valence-electron chi connectivity index (χ1n) is 5.55. The zero-order chi connectivity index (χ0) is 12.4. The van der Waals surface area contributed by atoms with Crippen LogP contribution in [-0.2, 0) is 0 Å². The summed E-state index contributed by atoms with van der Waals surface area (Å²) in [7, 11) is 0. The summed E-state index contributed by atoms with van der Waals surface area (Å²) in [5.41, 5.74) is 0.363. The number of amides is 1. The van der Waals surface area contributed by atoms with Crippen LogP contribution in [0.4, 0.5) is 4.39 Å². The Kier molecular flexibility index (Phi) is 3.64. The average Bonchev–Trinajstić information content (AvgIpc) is 2.28. The van der Waals surface area contributed by atoms with Crippen molar-refractivity contribution in [2.24, 2.45) is 0 Å². The highest BCUT2D eigenvalue weighted by molar-refractivity contribution is 6.33. The third kappa shape index (κ3) is 2.76. The quantitative estimate of drug-likeness (QED) is 0.833. The molecule has 0 spiro atoms. The highest BCUT2D eigenvalue weighted by Gasteiger charge is 2.23. The first kappa shape index (κ1) is 12.3. The molecule has 3 nitrogen and oxygen atoms in total. The Balaban J connectivity index is 2.18. The first-order chi connectivity index (χ1) is 8.08. The van der Waals surface area contributed by atoms with E-state index in [1.165, 1.54) is 18.2 Å². The Hall–Kier alpha value is -1.13. The average molecular weight is 257 g/mol. The van der Waals surface area contributed by atoms with Crippen molar-refractivity contribution in [2.45, 2.75) is 13.0 Å². The Morgan fingerprint density at radius 1 is 1.59 bits per heavy atom. The fraction of sp³-hybridized carbons (Fsp3) is 0.417. The van der Waals surface area contributed by atoms with Gasteiger partial charge in [0, 0.05) is 25.7 Å². The predicted molar refractivity (Wildman–Crippen MR) is 64.8 cm³/mol. The van der Waals surface area contributed by atoms with Crippen molar-refractivity contribution in [2.75, 3.05) is 19.6 Å². The van der Waals surface area contributed by atoms with Crippen LogP contribution < -0.4 is 5.32 Å². The van der Waals surface area contributed by atoms with E-state index in [2.05, 4.69) is 5.32 Å². The molecule has 1 atom stereocenters. The van der Waals surface area contributed by atoms with Gasteiger partial charge >= 0.3 is 0 Å². The van der Waals surface area contributed by atoms with Crippen LogP contribution >= 0.6 is 11.6 Å². The summed E-state index contributed by atoms with van der Waals surface area (Å²) in [6.07, 6.45) is 0. The van der Waals surface area contributed by atoms with Crippen molar-refractivity contribution in [3.8, 4) is 0 Å². The van der Waals surface area contributed by atoms with E-state index >= 15 is 0 Å². The van der Waals surface area contributed by atoms with E-state index in [-0.39, 0.29) is 17.0 Å². The van der Waals surface area contributed by atoms with Crippen molar-refractivity contribution < 1.29 is 9.18 Å². The van der Waals surface area contributed by atoms with Gasteiger partial charge in [-0.1, -0.05) is 11.6 Å². The SMILES string of the molecule is C[C@H]1CN(C(=O)c2ccc(F)cc2Cl)CCN1. The number of halogens is 2. The Morgan fingerprint density at radius 3 is 3.00 bits per heavy atom. The Bertz CT molecular complexity index is 439. The fourth-order valence-electron chi connectivity index (χ4n) is 1.95. The molecule has 0 saturated carbocycles. The third-order valence-electron chi connectivity index (χ3n) is 2.82. The lowest BCUT2D eigenvalue weighted by atomic mass is 10.1. The summed E-state index contributed by atoms with van der Waals surface area (Å²) in [4.78, 5) is 13.9. The molecule has 0 unspecified atom stereocenters. The van der Waals surface area contributed by atoms with Gasteiger partial charge < -0.3 is 10.2 Å². The zero-order valence-corrected chi connectivity index (χ0v) is 10.3. The number of carbonyl (C=O) groups is 1. The summed E-state index contributed by atoms with van der Waals surface area (Å²) in [6.45, 7) is 4.08. The van der Waals surface area contributed by atoms with Gasteiger partial charge in [0.2, 0.25) is 0 Å². The van der Waals surface area contributed by atoms with Crippen molar-refractivity contribution in [3.63, 3.8) is 0 Å². The molecule has 0 radical (unpaired) electrons. The molecule has 1 fully saturated rings. The lowest BCUT2D eigenvalue weighted by Crippen LogP contribution is -2.51. The summed E-state index contributed by atoms with van der Waals surface area (Å²) in [6, 6.07) is 4.13. The smallest absolute Gasteiger partial charge is 0.255 e. The van der Waals surface area contributed by atoms with Gasteiger partial charge in [0.15, 0.2) is 0 Å². The van der Waals surface area contributed by atoms with Gasteiger partial charge in [0.05, 0.1) is 10.6 Å². The van der Waals surface area contributed by atoms with E-state index in [1.807, 2.05) is 6.92 Å². The van der Waals surface area contributed by atoms with Crippen LogP contribution in [0.25, 0.3) is 0 Å². The second-order valence-electron chi connectivity index (χ2n) is 4.23. The highest BCUT2D eigenvalue weighted by atomic mass is 35.5. The van der Waals surface area contributed by atoms with Gasteiger partial charge in [0.25, 0.3) is 5.91 Å². The monoisotopic (exact) mass is 256 g/mol. The van der Waals surface area contributed by atoms with Crippen LogP contribution in [0, 0.1) is 5.82 Å². The normalized spacial score (nSPS) is 20.4. The molecule has 5 heteroatoms. The summed E-state index contributed by atoms with van der Waals surface area (Å²) in [5.74, 6) is -0.566. The van der Waals surface area contributed by atoms with Crippen LogP contribution in [0.15, 0.2) is 18.2 Å². The maximum absolute atomic E-state index is 12.9. The number of benzene rings is 1. The molecule has 1 N–H and O–H groups in total. The van der Waals surface area contributed by atoms with Crippen molar-refractivity contribution in [3.05, 3.63) is 34.6 Å². The third-order valence-corrected chi connectivity index (χ3v) is 3.13. The molecule has 1 aliphatic heterocycles. The number of hydrogen-bond donors (Lipinski definition) is 1. The summed E-state index contributed by atoms with van der Waals surface area (Å²) in [5, 5.41) is 3.42. The Labute approximate surface area is 105 Å². The van der Waals surface area contributed by atoms with Gasteiger partial charge in [-0.05, 0) is 25.1 Å². The molecule has 1 aliphatic rings. The molecule has 2 rings (SSSR count). The standard InChI is InChI=1S/C12H14ClFN2O/c1-8-7-16(5-4-15-8)12(17)10-3-2-9(14)6-11(10)13/h2-3,6,8,15H,4-5,7H2,1H3/t8-/m0/s1. The van der Waals surface area contributed by atoms with Crippen LogP contribution in [-0.4, -0.2) is 36.5 Å². The summed E-state index contributed by atoms with van der Waals surface area (Å²) >= 11 is 5.88. The number of carbonyl (C=O) groups excluding carboxylic acids is 1. The number of nitrogens with one attached hydrogen (secondary N) is 1. The van der Waals surface area contributed by atoms with Crippen molar-refractivity contribution in [1.82, 2.24) is 10.2 Å². The fourth-order valence-corrected chi connectivity index (χ4v) is 2.20. The molecule has 1 aromatic carbocycles. The van der Waals surface area contributed by atoms with E-state index in [0.29, 0.717) is 18.7 Å². The lowest BCUT2D eigenvalue weighted by molar-refractivity contribution is 0.0709. The van der Waals surface area contributed by atoms with Crippen LogP contribution in [0.5, 0.6) is 0 Å². The molecule has 0 aromatic heterocycles. The van der Waals surface area contributed by atoms with Crippen LogP contribution in [0.2, 0.25) is 5.02 Å². The molecule has 1 aromatic rings. The zero-order valence-electron chi connectivity index (χ0n) is 9.54. The van der Waals surface area contributed by atoms with Gasteiger partial charge in [-0.25, -0.2) is 4.39 Å². The number of nitrogens with zero attached hydrogens (tertiary/aromatic N) is 1. The molecule has 0 aliphatic carbocycles. The highest BCUT2D eigenvalue weighted by Crippen LogP contribution is 2.19. The minimum atomic E-state index is -0.430. The van der Waals surface area contributed by atoms with E-state index in [0.717, 1.165) is 6.54 Å². The molecule has 92 valence electrons. The van der Waals surface area contributed by atoms with E-state index in [1.54, 1.807) is 4.90 Å². The number of hydrogen-bond acceptors (Lipinski definition) is 2. The first-order valence-corrected chi connectivity index (χ1v) is 5.93. The molecule has 1 amide bonds. The molecular formula is C12H14ClFN2O. The van der Waals surface area contributed by atoms with Crippen LogP contribution in [0.1, 0.15) is 17.3 Å². The minimum absolute atomic E-state index is 0.136. The second kappa shape index (κ2) is 5.02. The minimum Gasteiger partial charge on any atom is -0.336 e. The lowest BCUT2D eigenvalue weighted by Gasteiger charge is -2.32. The largest absolute Gasteiger partial charge is 0.336 e. The van der Waals surface area contributed by atoms with Crippen molar-refractivity contribution in [1.29, 1.82) is 0 Å². The molecule has 1 saturated heterocycles. The maximum Gasteiger partial charge on any atom is 0.255 e. The van der Waals surface area contributed by atoms with Crippen LogP contribution in [0.3, 0.4) is 0 Å². The van der Waals surface area contributed by atoms with E-state index in [9.17, 15) is 9.18 Å². The topological polar surface area (TPSA) is 32.3 Å². The summed E-state index contributed by atoms with van der Waals surface area (Å²) < 4.78 is 12.9. The molecule has 0 bridgehead atoms.